The molecule has 6 heteroatoms. The summed E-state index contributed by atoms with van der Waals surface area (Å²) in [7, 11) is 0. The van der Waals surface area contributed by atoms with Crippen molar-refractivity contribution in [3.8, 4) is 0 Å². The monoisotopic (exact) mass is 318 g/mol. The first-order valence-electron chi connectivity index (χ1n) is 6.20. The van der Waals surface area contributed by atoms with Gasteiger partial charge in [-0.15, -0.1) is 0 Å². The van der Waals surface area contributed by atoms with Crippen LogP contribution in [0, 0.1) is 0 Å². The first-order chi connectivity index (χ1) is 9.06. The largest absolute Gasteiger partial charge is 0.376 e. The van der Waals surface area contributed by atoms with Gasteiger partial charge in [-0.1, -0.05) is 23.2 Å². The van der Waals surface area contributed by atoms with E-state index < -0.39 is 0 Å². The lowest BCUT2D eigenvalue weighted by atomic mass is 10.1. The first kappa shape index (κ1) is 14.9. The molecule has 1 fully saturated rings. The molecule has 0 aromatic heterocycles. The zero-order chi connectivity index (χ0) is 13.8. The van der Waals surface area contributed by atoms with Crippen molar-refractivity contribution in [2.45, 2.75) is 31.9 Å². The molecule has 19 heavy (non-hydrogen) atoms. The maximum absolute atomic E-state index is 6.08. The fraction of sp³-hybridized carbons (Fsp3) is 0.462. The van der Waals surface area contributed by atoms with Gasteiger partial charge in [0, 0.05) is 11.6 Å². The standard InChI is InChI=1S/C13H16Cl2N2OS/c1-8(12-3-2-6-18-12)16-13(19)17-11-5-4-9(14)7-10(11)15/h4-5,7-8,12H,2-3,6H2,1H3,(H2,16,17,19). The fourth-order valence-corrected chi connectivity index (χ4v) is 2.80. The Hall–Kier alpha value is -0.550. The van der Waals surface area contributed by atoms with E-state index in [1.165, 1.54) is 0 Å². The number of halogens is 2. The van der Waals surface area contributed by atoms with Crippen LogP contribution < -0.4 is 10.6 Å². The molecule has 0 bridgehead atoms. The lowest BCUT2D eigenvalue weighted by molar-refractivity contribution is 0.0895. The summed E-state index contributed by atoms with van der Waals surface area (Å²) in [5, 5.41) is 7.96. The Morgan fingerprint density at radius 2 is 2.26 bits per heavy atom. The Kier molecular flexibility index (Phi) is 5.28. The third-order valence-electron chi connectivity index (χ3n) is 3.06. The number of nitrogens with one attached hydrogen (secondary N) is 2. The summed E-state index contributed by atoms with van der Waals surface area (Å²) in [6.07, 6.45) is 2.40. The molecular formula is C13H16Cl2N2OS. The van der Waals surface area contributed by atoms with Gasteiger partial charge in [0.25, 0.3) is 0 Å². The lowest BCUT2D eigenvalue weighted by Crippen LogP contribution is -2.42. The first-order valence-corrected chi connectivity index (χ1v) is 7.37. The molecule has 3 nitrogen and oxygen atoms in total. The SMILES string of the molecule is CC(NC(=S)Nc1ccc(Cl)cc1Cl)C1CCCO1. The van der Waals surface area contributed by atoms with E-state index in [2.05, 4.69) is 17.6 Å². The van der Waals surface area contributed by atoms with Crippen LogP contribution in [-0.2, 0) is 4.74 Å². The topological polar surface area (TPSA) is 33.3 Å². The molecule has 0 radical (unpaired) electrons. The smallest absolute Gasteiger partial charge is 0.171 e. The van der Waals surface area contributed by atoms with Gasteiger partial charge in [-0.2, -0.15) is 0 Å². The van der Waals surface area contributed by atoms with Crippen LogP contribution in [0.5, 0.6) is 0 Å². The molecule has 1 heterocycles. The van der Waals surface area contributed by atoms with Gasteiger partial charge in [0.1, 0.15) is 0 Å². The molecule has 2 N–H and O–H groups in total. The molecule has 2 atom stereocenters. The minimum Gasteiger partial charge on any atom is -0.376 e. The van der Waals surface area contributed by atoms with Crippen LogP contribution in [0.3, 0.4) is 0 Å². The van der Waals surface area contributed by atoms with Gasteiger partial charge < -0.3 is 15.4 Å². The van der Waals surface area contributed by atoms with E-state index in [0.29, 0.717) is 15.2 Å². The van der Waals surface area contributed by atoms with Crippen molar-refractivity contribution in [2.75, 3.05) is 11.9 Å². The second-order valence-electron chi connectivity index (χ2n) is 4.56. The number of benzene rings is 1. The third-order valence-corrected chi connectivity index (χ3v) is 3.83. The summed E-state index contributed by atoms with van der Waals surface area (Å²) in [5.74, 6) is 0. The zero-order valence-electron chi connectivity index (χ0n) is 10.6. The van der Waals surface area contributed by atoms with Crippen LogP contribution in [0.2, 0.25) is 10.0 Å². The maximum Gasteiger partial charge on any atom is 0.171 e. The van der Waals surface area contributed by atoms with E-state index in [-0.39, 0.29) is 12.1 Å². The van der Waals surface area contributed by atoms with E-state index in [4.69, 9.17) is 40.2 Å². The van der Waals surface area contributed by atoms with Crippen molar-refractivity contribution in [3.63, 3.8) is 0 Å². The molecule has 0 aliphatic carbocycles. The van der Waals surface area contributed by atoms with Crippen molar-refractivity contribution in [1.29, 1.82) is 0 Å². The molecule has 0 spiro atoms. The van der Waals surface area contributed by atoms with Crippen LogP contribution in [-0.4, -0.2) is 23.9 Å². The van der Waals surface area contributed by atoms with Crippen molar-refractivity contribution in [3.05, 3.63) is 28.2 Å². The second kappa shape index (κ2) is 6.75. The highest BCUT2D eigenvalue weighted by Crippen LogP contribution is 2.25. The summed E-state index contributed by atoms with van der Waals surface area (Å²) in [6.45, 7) is 2.90. The van der Waals surface area contributed by atoms with E-state index in [1.54, 1.807) is 18.2 Å². The molecule has 1 saturated heterocycles. The minimum absolute atomic E-state index is 0.175. The summed E-state index contributed by atoms with van der Waals surface area (Å²) < 4.78 is 5.61. The lowest BCUT2D eigenvalue weighted by Gasteiger charge is -2.22. The Bertz CT molecular complexity index is 464. The third kappa shape index (κ3) is 4.21. The van der Waals surface area contributed by atoms with Crippen LogP contribution in [0.25, 0.3) is 0 Å². The Balaban J connectivity index is 1.89. The number of hydrogen-bond acceptors (Lipinski definition) is 2. The van der Waals surface area contributed by atoms with Crippen molar-refractivity contribution in [2.24, 2.45) is 0 Å². The number of ether oxygens (including phenoxy) is 1. The number of thiocarbonyl (C=S) groups is 1. The summed E-state index contributed by atoms with van der Waals surface area (Å²) in [5.41, 5.74) is 0.739. The molecule has 2 unspecified atom stereocenters. The molecule has 1 aromatic carbocycles. The van der Waals surface area contributed by atoms with Gasteiger partial charge >= 0.3 is 0 Å². The summed E-state index contributed by atoms with van der Waals surface area (Å²) >= 11 is 17.2. The van der Waals surface area contributed by atoms with Gasteiger partial charge in [-0.05, 0) is 50.2 Å². The zero-order valence-corrected chi connectivity index (χ0v) is 12.9. The van der Waals surface area contributed by atoms with Crippen molar-refractivity contribution < 1.29 is 4.74 Å². The Morgan fingerprint density at radius 3 is 2.89 bits per heavy atom. The summed E-state index contributed by atoms with van der Waals surface area (Å²) in [6, 6.07) is 5.42. The minimum atomic E-state index is 0.175. The fourth-order valence-electron chi connectivity index (χ4n) is 2.05. The highest BCUT2D eigenvalue weighted by Gasteiger charge is 2.22. The van der Waals surface area contributed by atoms with E-state index in [1.807, 2.05) is 0 Å². The van der Waals surface area contributed by atoms with Gasteiger partial charge in [0.15, 0.2) is 5.11 Å². The van der Waals surface area contributed by atoms with Crippen molar-refractivity contribution >= 4 is 46.2 Å². The van der Waals surface area contributed by atoms with Crippen molar-refractivity contribution in [1.82, 2.24) is 5.32 Å². The average Bonchev–Trinajstić information content (AvgIpc) is 2.86. The predicted octanol–water partition coefficient (Wildman–Crippen LogP) is 3.85. The number of anilines is 1. The van der Waals surface area contributed by atoms with Gasteiger partial charge in [0.05, 0.1) is 22.9 Å². The van der Waals surface area contributed by atoms with Gasteiger partial charge in [0.2, 0.25) is 0 Å². The molecule has 104 valence electrons. The quantitative estimate of drug-likeness (QED) is 0.829. The molecule has 0 amide bonds. The molecular weight excluding hydrogens is 303 g/mol. The Labute approximate surface area is 128 Å². The maximum atomic E-state index is 6.08. The number of rotatable bonds is 3. The van der Waals surface area contributed by atoms with Crippen LogP contribution in [0.1, 0.15) is 19.8 Å². The number of hydrogen-bond donors (Lipinski definition) is 2. The highest BCUT2D eigenvalue weighted by molar-refractivity contribution is 7.80. The molecule has 1 aromatic rings. The van der Waals surface area contributed by atoms with E-state index in [0.717, 1.165) is 25.1 Å². The van der Waals surface area contributed by atoms with Crippen LogP contribution >= 0.6 is 35.4 Å². The van der Waals surface area contributed by atoms with Crippen LogP contribution in [0.15, 0.2) is 18.2 Å². The predicted molar refractivity (Wildman–Crippen MR) is 84.3 cm³/mol. The molecule has 1 aliphatic heterocycles. The van der Waals surface area contributed by atoms with Crippen LogP contribution in [0.4, 0.5) is 5.69 Å². The average molecular weight is 319 g/mol. The van der Waals surface area contributed by atoms with E-state index in [9.17, 15) is 0 Å². The molecule has 1 aliphatic rings. The second-order valence-corrected chi connectivity index (χ2v) is 5.81. The summed E-state index contributed by atoms with van der Waals surface area (Å²) in [4.78, 5) is 0. The Morgan fingerprint density at radius 1 is 1.47 bits per heavy atom. The normalized spacial score (nSPS) is 20.1. The molecule has 0 saturated carbocycles. The molecule has 2 rings (SSSR count). The highest BCUT2D eigenvalue weighted by atomic mass is 35.5. The van der Waals surface area contributed by atoms with Gasteiger partial charge in [-0.25, -0.2) is 0 Å². The van der Waals surface area contributed by atoms with E-state index >= 15 is 0 Å². The van der Waals surface area contributed by atoms with Gasteiger partial charge in [-0.3, -0.25) is 0 Å².